The van der Waals surface area contributed by atoms with Crippen LogP contribution < -0.4 is 10.1 Å². The molecule has 38 heavy (non-hydrogen) atoms. The second kappa shape index (κ2) is 11.9. The van der Waals surface area contributed by atoms with E-state index >= 15 is 0 Å². The van der Waals surface area contributed by atoms with Crippen molar-refractivity contribution in [1.29, 1.82) is 0 Å². The summed E-state index contributed by atoms with van der Waals surface area (Å²) in [6, 6.07) is 21.4. The molecule has 5 nitrogen and oxygen atoms in total. The SMILES string of the molecule is C[C@@H](C#Cc1ccccc1)Oc1ccc2cc(Br)ccc2c1C#Cc1cnccc1NC(=O)OC(C)(C)C. The van der Waals surface area contributed by atoms with Gasteiger partial charge >= 0.3 is 6.09 Å². The summed E-state index contributed by atoms with van der Waals surface area (Å²) < 4.78 is 12.6. The van der Waals surface area contributed by atoms with Crippen LogP contribution in [0.25, 0.3) is 10.8 Å². The van der Waals surface area contributed by atoms with Gasteiger partial charge in [-0.15, -0.1) is 0 Å². The van der Waals surface area contributed by atoms with Gasteiger partial charge in [0.05, 0.1) is 16.8 Å². The maximum absolute atomic E-state index is 12.4. The van der Waals surface area contributed by atoms with Crippen LogP contribution in [-0.4, -0.2) is 22.8 Å². The molecule has 0 fully saturated rings. The number of pyridine rings is 1. The first-order valence-corrected chi connectivity index (χ1v) is 12.9. The van der Waals surface area contributed by atoms with Gasteiger partial charge in [0.2, 0.25) is 0 Å². The average molecular weight is 567 g/mol. The minimum atomic E-state index is -0.619. The van der Waals surface area contributed by atoms with Gasteiger partial charge < -0.3 is 9.47 Å². The third-order valence-corrected chi connectivity index (χ3v) is 5.71. The predicted molar refractivity (Wildman–Crippen MR) is 155 cm³/mol. The van der Waals surface area contributed by atoms with E-state index in [1.54, 1.807) is 18.5 Å². The lowest BCUT2D eigenvalue weighted by atomic mass is 10.0. The Balaban J connectivity index is 1.69. The summed E-state index contributed by atoms with van der Waals surface area (Å²) in [5.41, 5.74) is 2.08. The van der Waals surface area contributed by atoms with Crippen molar-refractivity contribution in [2.24, 2.45) is 0 Å². The molecule has 1 atom stereocenters. The third-order valence-electron chi connectivity index (χ3n) is 5.22. The van der Waals surface area contributed by atoms with E-state index in [4.69, 9.17) is 9.47 Å². The molecule has 6 heteroatoms. The van der Waals surface area contributed by atoms with Crippen LogP contribution in [0.2, 0.25) is 0 Å². The maximum atomic E-state index is 12.4. The van der Waals surface area contributed by atoms with E-state index in [-0.39, 0.29) is 6.10 Å². The van der Waals surface area contributed by atoms with Crippen molar-refractivity contribution in [2.75, 3.05) is 5.32 Å². The number of carbonyl (C=O) groups excluding carboxylic acids is 1. The molecule has 190 valence electrons. The minimum Gasteiger partial charge on any atom is -0.477 e. The van der Waals surface area contributed by atoms with Crippen LogP contribution in [0, 0.1) is 23.7 Å². The molecule has 4 rings (SSSR count). The number of anilines is 1. The molecule has 4 aromatic rings. The highest BCUT2D eigenvalue weighted by Gasteiger charge is 2.17. The number of fused-ring (bicyclic) bond motifs is 1. The molecule has 0 aliphatic rings. The van der Waals surface area contributed by atoms with E-state index in [0.29, 0.717) is 17.0 Å². The normalized spacial score (nSPS) is 11.4. The van der Waals surface area contributed by atoms with E-state index in [2.05, 4.69) is 49.9 Å². The molecule has 0 aliphatic carbocycles. The quantitative estimate of drug-likeness (QED) is 0.260. The van der Waals surface area contributed by atoms with Gasteiger partial charge in [-0.1, -0.05) is 69.9 Å². The van der Waals surface area contributed by atoms with E-state index in [1.165, 1.54) is 0 Å². The van der Waals surface area contributed by atoms with Gasteiger partial charge in [0.15, 0.2) is 6.10 Å². The first-order chi connectivity index (χ1) is 18.2. The Labute approximate surface area is 231 Å². The highest BCUT2D eigenvalue weighted by atomic mass is 79.9. The molecule has 3 aromatic carbocycles. The molecule has 0 unspecified atom stereocenters. The Bertz CT molecular complexity index is 1590. The number of carbonyl (C=O) groups is 1. The van der Waals surface area contributed by atoms with E-state index in [9.17, 15) is 4.79 Å². The van der Waals surface area contributed by atoms with Crippen LogP contribution in [0.15, 0.2) is 83.6 Å². The molecule has 0 saturated carbocycles. The fraction of sp³-hybridized carbons (Fsp3) is 0.188. The largest absolute Gasteiger partial charge is 0.477 e. The Hall–Kier alpha value is -4.26. The molecule has 0 aliphatic heterocycles. The minimum absolute atomic E-state index is 0.369. The number of hydrogen-bond donors (Lipinski definition) is 1. The fourth-order valence-electron chi connectivity index (χ4n) is 3.58. The molecule has 0 saturated heterocycles. The second-order valence-electron chi connectivity index (χ2n) is 9.50. The van der Waals surface area contributed by atoms with Crippen molar-refractivity contribution in [2.45, 2.75) is 39.4 Å². The third kappa shape index (κ3) is 7.38. The monoisotopic (exact) mass is 566 g/mol. The number of rotatable bonds is 3. The van der Waals surface area contributed by atoms with E-state index in [0.717, 1.165) is 26.4 Å². The number of benzene rings is 3. The number of ether oxygens (including phenoxy) is 2. The zero-order valence-corrected chi connectivity index (χ0v) is 23.2. The van der Waals surface area contributed by atoms with Crippen molar-refractivity contribution in [3.63, 3.8) is 0 Å². The van der Waals surface area contributed by atoms with Gasteiger partial charge in [-0.2, -0.15) is 0 Å². The topological polar surface area (TPSA) is 60.5 Å². The maximum Gasteiger partial charge on any atom is 0.412 e. The highest BCUT2D eigenvalue weighted by molar-refractivity contribution is 9.10. The zero-order chi connectivity index (χ0) is 27.1. The molecule has 1 amide bonds. The Kier molecular flexibility index (Phi) is 8.36. The molecule has 1 heterocycles. The van der Waals surface area contributed by atoms with Gasteiger partial charge in [0, 0.05) is 27.8 Å². The van der Waals surface area contributed by atoms with Crippen molar-refractivity contribution < 1.29 is 14.3 Å². The average Bonchev–Trinajstić information content (AvgIpc) is 2.87. The van der Waals surface area contributed by atoms with Gasteiger partial charge in [-0.25, -0.2) is 4.79 Å². The smallest absolute Gasteiger partial charge is 0.412 e. The molecule has 0 radical (unpaired) electrons. The first-order valence-electron chi connectivity index (χ1n) is 12.1. The number of nitrogens with one attached hydrogen (secondary N) is 1. The van der Waals surface area contributed by atoms with Gasteiger partial charge in [0.1, 0.15) is 11.4 Å². The van der Waals surface area contributed by atoms with Crippen LogP contribution in [0.5, 0.6) is 5.75 Å². The Morgan fingerprint density at radius 2 is 1.79 bits per heavy atom. The Morgan fingerprint density at radius 3 is 2.55 bits per heavy atom. The molecular formula is C32H27BrN2O3. The summed E-state index contributed by atoms with van der Waals surface area (Å²) in [6.45, 7) is 7.34. The van der Waals surface area contributed by atoms with Gasteiger partial charge in [-0.05, 0) is 69.5 Å². The number of aromatic nitrogens is 1. The van der Waals surface area contributed by atoms with E-state index < -0.39 is 11.7 Å². The number of halogens is 1. The van der Waals surface area contributed by atoms with Crippen LogP contribution in [0.3, 0.4) is 0 Å². The lowest BCUT2D eigenvalue weighted by Gasteiger charge is -2.19. The summed E-state index contributed by atoms with van der Waals surface area (Å²) in [6.07, 6.45) is 2.27. The van der Waals surface area contributed by atoms with Crippen molar-refractivity contribution in [3.8, 4) is 29.4 Å². The number of hydrogen-bond acceptors (Lipinski definition) is 4. The summed E-state index contributed by atoms with van der Waals surface area (Å²) in [5.74, 6) is 13.4. The van der Waals surface area contributed by atoms with Crippen LogP contribution >= 0.6 is 15.9 Å². The zero-order valence-electron chi connectivity index (χ0n) is 21.6. The first kappa shape index (κ1) is 26.8. The molecule has 1 aromatic heterocycles. The predicted octanol–water partition coefficient (Wildman–Crippen LogP) is 7.56. The van der Waals surface area contributed by atoms with Crippen LogP contribution in [0.4, 0.5) is 10.5 Å². The van der Waals surface area contributed by atoms with Crippen molar-refractivity contribution in [3.05, 3.63) is 100 Å². The van der Waals surface area contributed by atoms with Gasteiger partial charge in [0.25, 0.3) is 0 Å². The van der Waals surface area contributed by atoms with Crippen LogP contribution in [0.1, 0.15) is 44.4 Å². The standard InChI is InChI=1S/C32H27BrN2O3/c1-22(10-11-23-8-6-5-7-9-23)37-30-17-13-24-20-26(33)14-16-27(24)28(30)15-12-25-21-34-19-18-29(25)35-31(36)38-32(2,3)4/h5-9,13-14,16-22H,1-4H3,(H,34,35,36)/t22-/m0/s1. The van der Waals surface area contributed by atoms with Crippen LogP contribution in [-0.2, 0) is 4.74 Å². The molecule has 1 N–H and O–H groups in total. The fourth-order valence-corrected chi connectivity index (χ4v) is 3.96. The Morgan fingerprint density at radius 1 is 1.00 bits per heavy atom. The van der Waals surface area contributed by atoms with E-state index in [1.807, 2.05) is 88.4 Å². The lowest BCUT2D eigenvalue weighted by Crippen LogP contribution is -2.27. The summed E-state index contributed by atoms with van der Waals surface area (Å²) in [4.78, 5) is 16.5. The number of nitrogens with zero attached hydrogens (tertiary/aromatic N) is 1. The molecular weight excluding hydrogens is 540 g/mol. The summed E-state index contributed by atoms with van der Waals surface area (Å²) >= 11 is 3.54. The number of amides is 1. The van der Waals surface area contributed by atoms with Gasteiger partial charge in [-0.3, -0.25) is 10.3 Å². The second-order valence-corrected chi connectivity index (χ2v) is 10.4. The highest BCUT2D eigenvalue weighted by Crippen LogP contribution is 2.30. The molecule has 0 bridgehead atoms. The summed E-state index contributed by atoms with van der Waals surface area (Å²) in [7, 11) is 0. The summed E-state index contributed by atoms with van der Waals surface area (Å²) in [5, 5.41) is 4.72. The van der Waals surface area contributed by atoms with Crippen molar-refractivity contribution in [1.82, 2.24) is 4.98 Å². The molecule has 0 spiro atoms. The van der Waals surface area contributed by atoms with Crippen molar-refractivity contribution >= 4 is 38.5 Å². The lowest BCUT2D eigenvalue weighted by molar-refractivity contribution is 0.0636.